The summed E-state index contributed by atoms with van der Waals surface area (Å²) < 4.78 is 36.3. The monoisotopic (exact) mass is 487 g/mol. The average Bonchev–Trinajstić information content (AvgIpc) is 3.33. The molecule has 0 spiro atoms. The average molecular weight is 488 g/mol. The van der Waals surface area contributed by atoms with Crippen molar-refractivity contribution in [1.29, 1.82) is 0 Å². The Morgan fingerprint density at radius 3 is 2.79 bits per heavy atom. The summed E-state index contributed by atoms with van der Waals surface area (Å²) in [4.78, 5) is 15.2. The summed E-state index contributed by atoms with van der Waals surface area (Å²) in [6.07, 6.45) is 2.16. The highest BCUT2D eigenvalue weighted by Crippen LogP contribution is 2.28. The van der Waals surface area contributed by atoms with Crippen LogP contribution in [0.1, 0.15) is 26.2 Å². The SMILES string of the molecule is CCN(CCCNC(=O)[C@H]1CCCN(S(=O)(=O)c2cccc3nsnc23)C1)c1ccccc1. The number of anilines is 1. The number of fused-ring (bicyclic) bond motifs is 1. The van der Waals surface area contributed by atoms with Crippen LogP contribution >= 0.6 is 11.7 Å². The van der Waals surface area contributed by atoms with Crippen molar-refractivity contribution >= 4 is 44.4 Å². The molecule has 0 aliphatic carbocycles. The highest BCUT2D eigenvalue weighted by atomic mass is 32.2. The van der Waals surface area contributed by atoms with E-state index in [0.29, 0.717) is 37.0 Å². The number of nitrogens with one attached hydrogen (secondary N) is 1. The molecule has 4 rings (SSSR count). The summed E-state index contributed by atoms with van der Waals surface area (Å²) in [7, 11) is -3.74. The Hall–Kier alpha value is -2.56. The fourth-order valence-corrected chi connectivity index (χ4v) is 6.51. The number of hydrogen-bond acceptors (Lipinski definition) is 7. The molecule has 8 nitrogen and oxygen atoms in total. The second kappa shape index (κ2) is 10.6. The van der Waals surface area contributed by atoms with E-state index in [1.54, 1.807) is 18.2 Å². The smallest absolute Gasteiger partial charge is 0.245 e. The number of nitrogens with zero attached hydrogens (tertiary/aromatic N) is 4. The van der Waals surface area contributed by atoms with Gasteiger partial charge in [-0.25, -0.2) is 8.42 Å². The highest BCUT2D eigenvalue weighted by Gasteiger charge is 2.34. The number of hydrogen-bond donors (Lipinski definition) is 1. The van der Waals surface area contributed by atoms with E-state index in [4.69, 9.17) is 0 Å². The molecule has 10 heteroatoms. The van der Waals surface area contributed by atoms with Gasteiger partial charge in [0.25, 0.3) is 0 Å². The molecule has 1 aliphatic rings. The minimum atomic E-state index is -3.74. The number of para-hydroxylation sites is 1. The van der Waals surface area contributed by atoms with Crippen molar-refractivity contribution in [2.24, 2.45) is 5.92 Å². The van der Waals surface area contributed by atoms with Crippen LogP contribution in [-0.2, 0) is 14.8 Å². The van der Waals surface area contributed by atoms with Gasteiger partial charge < -0.3 is 10.2 Å². The Morgan fingerprint density at radius 1 is 1.18 bits per heavy atom. The van der Waals surface area contributed by atoms with E-state index in [-0.39, 0.29) is 23.3 Å². The van der Waals surface area contributed by atoms with E-state index in [1.807, 2.05) is 18.2 Å². The Balaban J connectivity index is 1.32. The zero-order valence-electron chi connectivity index (χ0n) is 18.7. The minimum absolute atomic E-state index is 0.0776. The largest absolute Gasteiger partial charge is 0.372 e. The Labute approximate surface area is 199 Å². The first-order chi connectivity index (χ1) is 16.0. The summed E-state index contributed by atoms with van der Waals surface area (Å²) in [5.41, 5.74) is 2.14. The number of carbonyl (C=O) groups excluding carboxylic acids is 1. The molecule has 33 heavy (non-hydrogen) atoms. The van der Waals surface area contributed by atoms with Crippen LogP contribution in [0.2, 0.25) is 0 Å². The van der Waals surface area contributed by atoms with E-state index in [9.17, 15) is 13.2 Å². The summed E-state index contributed by atoms with van der Waals surface area (Å²) in [6, 6.07) is 15.2. The number of benzene rings is 2. The van der Waals surface area contributed by atoms with E-state index >= 15 is 0 Å². The fraction of sp³-hybridized carbons (Fsp3) is 0.435. The normalized spacial score (nSPS) is 17.2. The number of rotatable bonds is 9. The first kappa shape index (κ1) is 23.6. The molecule has 1 saturated heterocycles. The molecule has 0 saturated carbocycles. The quantitative estimate of drug-likeness (QED) is 0.466. The summed E-state index contributed by atoms with van der Waals surface area (Å²) in [5.74, 6) is -0.427. The van der Waals surface area contributed by atoms with Gasteiger partial charge in [0.1, 0.15) is 15.9 Å². The van der Waals surface area contributed by atoms with E-state index in [0.717, 1.165) is 31.2 Å². The van der Waals surface area contributed by atoms with Crippen LogP contribution in [0.3, 0.4) is 0 Å². The number of carbonyl (C=O) groups is 1. The van der Waals surface area contributed by atoms with Crippen molar-refractivity contribution in [2.75, 3.05) is 37.6 Å². The summed E-state index contributed by atoms with van der Waals surface area (Å²) in [6.45, 7) is 5.02. The molecule has 0 radical (unpaired) electrons. The molecule has 2 aromatic carbocycles. The van der Waals surface area contributed by atoms with Crippen molar-refractivity contribution in [3.05, 3.63) is 48.5 Å². The van der Waals surface area contributed by atoms with Gasteiger partial charge >= 0.3 is 0 Å². The molecule has 2 heterocycles. The molecule has 1 N–H and O–H groups in total. The van der Waals surface area contributed by atoms with Crippen LogP contribution in [0.5, 0.6) is 0 Å². The topological polar surface area (TPSA) is 95.5 Å². The van der Waals surface area contributed by atoms with Crippen LogP contribution in [0, 0.1) is 5.92 Å². The number of amides is 1. The second-order valence-corrected chi connectivity index (χ2v) is 10.6. The Bertz CT molecular complexity index is 1180. The molecule has 1 amide bonds. The summed E-state index contributed by atoms with van der Waals surface area (Å²) >= 11 is 0.998. The summed E-state index contributed by atoms with van der Waals surface area (Å²) in [5, 5.41) is 3.01. The molecule has 0 bridgehead atoms. The molecule has 1 fully saturated rings. The van der Waals surface area contributed by atoms with Gasteiger partial charge in [-0.05, 0) is 50.5 Å². The third kappa shape index (κ3) is 5.34. The van der Waals surface area contributed by atoms with Crippen molar-refractivity contribution in [1.82, 2.24) is 18.4 Å². The zero-order valence-corrected chi connectivity index (χ0v) is 20.3. The van der Waals surface area contributed by atoms with Crippen LogP contribution < -0.4 is 10.2 Å². The van der Waals surface area contributed by atoms with E-state index in [1.165, 1.54) is 9.99 Å². The number of piperidine rings is 1. The van der Waals surface area contributed by atoms with Crippen molar-refractivity contribution in [3.63, 3.8) is 0 Å². The lowest BCUT2D eigenvalue weighted by molar-refractivity contribution is -0.126. The predicted molar refractivity (Wildman–Crippen MR) is 131 cm³/mol. The van der Waals surface area contributed by atoms with Crippen LogP contribution in [0.25, 0.3) is 11.0 Å². The number of aromatic nitrogens is 2. The van der Waals surface area contributed by atoms with Gasteiger partial charge in [0, 0.05) is 38.4 Å². The molecule has 1 aromatic heterocycles. The lowest BCUT2D eigenvalue weighted by Gasteiger charge is -2.31. The molecule has 1 atom stereocenters. The van der Waals surface area contributed by atoms with Crippen molar-refractivity contribution in [3.8, 4) is 0 Å². The first-order valence-corrected chi connectivity index (χ1v) is 13.5. The third-order valence-electron chi connectivity index (χ3n) is 6.03. The van der Waals surface area contributed by atoms with Crippen LogP contribution in [0.15, 0.2) is 53.4 Å². The van der Waals surface area contributed by atoms with Crippen molar-refractivity contribution < 1.29 is 13.2 Å². The van der Waals surface area contributed by atoms with E-state index < -0.39 is 10.0 Å². The second-order valence-electron chi connectivity index (χ2n) is 8.15. The third-order valence-corrected chi connectivity index (χ3v) is 8.47. The molecule has 1 aliphatic heterocycles. The van der Waals surface area contributed by atoms with Gasteiger partial charge in [0.05, 0.1) is 17.6 Å². The van der Waals surface area contributed by atoms with Gasteiger partial charge in [-0.3, -0.25) is 4.79 Å². The fourth-order valence-electron chi connectivity index (χ4n) is 4.24. The zero-order chi connectivity index (χ0) is 23.3. The van der Waals surface area contributed by atoms with Gasteiger partial charge in [0.15, 0.2) is 0 Å². The first-order valence-electron chi connectivity index (χ1n) is 11.3. The Morgan fingerprint density at radius 2 is 2.00 bits per heavy atom. The van der Waals surface area contributed by atoms with Gasteiger partial charge in [-0.1, -0.05) is 24.3 Å². The van der Waals surface area contributed by atoms with Crippen LogP contribution in [0.4, 0.5) is 5.69 Å². The van der Waals surface area contributed by atoms with Gasteiger partial charge in [-0.15, -0.1) is 0 Å². The van der Waals surface area contributed by atoms with Crippen molar-refractivity contribution in [2.45, 2.75) is 31.1 Å². The molecular weight excluding hydrogens is 458 g/mol. The molecule has 3 aromatic rings. The predicted octanol–water partition coefficient (Wildman–Crippen LogP) is 3.12. The van der Waals surface area contributed by atoms with E-state index in [2.05, 4.69) is 38.0 Å². The maximum absolute atomic E-state index is 13.3. The maximum atomic E-state index is 13.3. The van der Waals surface area contributed by atoms with Crippen LogP contribution in [-0.4, -0.2) is 60.1 Å². The molecule has 176 valence electrons. The maximum Gasteiger partial charge on any atom is 0.245 e. The number of sulfonamides is 1. The molecular formula is C23H29N5O3S2. The lowest BCUT2D eigenvalue weighted by Crippen LogP contribution is -2.45. The van der Waals surface area contributed by atoms with Gasteiger partial charge in [-0.2, -0.15) is 13.1 Å². The lowest BCUT2D eigenvalue weighted by atomic mass is 9.99. The standard InChI is InChI=1S/C23H29N5O3S2/c1-2-27(19-10-4-3-5-11-19)15-8-14-24-23(29)18-9-7-16-28(17-18)33(30,31)21-13-6-12-20-22(21)26-32-25-20/h3-6,10-13,18H,2,7-9,14-17H2,1H3,(H,24,29)/t18-/m0/s1. The minimum Gasteiger partial charge on any atom is -0.372 e. The van der Waals surface area contributed by atoms with Gasteiger partial charge in [0.2, 0.25) is 15.9 Å². The molecule has 0 unspecified atom stereocenters. The Kier molecular flexibility index (Phi) is 7.56. The highest BCUT2D eigenvalue weighted by molar-refractivity contribution is 7.89.